The normalized spacial score (nSPS) is 11.2. The molecule has 2 aromatic carbocycles. The minimum atomic E-state index is -0.244. The summed E-state index contributed by atoms with van der Waals surface area (Å²) in [6.45, 7) is 1.21. The highest BCUT2D eigenvalue weighted by Gasteiger charge is 2.06. The summed E-state index contributed by atoms with van der Waals surface area (Å²) in [5.41, 5.74) is 1.96. The molecule has 0 aromatic heterocycles. The molecular weight excluding hydrogens is 411 g/mol. The molecule has 1 amide bonds. The summed E-state index contributed by atoms with van der Waals surface area (Å²) in [5.74, 6) is 0.258. The number of nitrogens with one attached hydrogen (secondary N) is 2. The molecule has 0 atom stereocenters. The van der Waals surface area contributed by atoms with Gasteiger partial charge in [0.1, 0.15) is 5.82 Å². The van der Waals surface area contributed by atoms with E-state index < -0.39 is 0 Å². The minimum absolute atomic E-state index is 0.0433. The number of hydrogen-bond donors (Lipinski definition) is 2. The third kappa shape index (κ3) is 7.78. The number of halogens is 2. The lowest BCUT2D eigenvalue weighted by Gasteiger charge is -2.15. The molecule has 2 N–H and O–H groups in total. The smallest absolute Gasteiger partial charge is 0.241 e. The SMILES string of the molecule is CN(C)C(=O)CNC(=NCc1ccc(Br)cc1)NCCc1cccc(F)c1. The molecule has 5 nitrogen and oxygen atoms in total. The van der Waals surface area contributed by atoms with Gasteiger partial charge in [-0.15, -0.1) is 0 Å². The van der Waals surface area contributed by atoms with E-state index in [2.05, 4.69) is 31.6 Å². The predicted octanol–water partition coefficient (Wildman–Crippen LogP) is 2.95. The number of nitrogens with zero attached hydrogens (tertiary/aromatic N) is 2. The molecule has 0 radical (unpaired) electrons. The lowest BCUT2D eigenvalue weighted by molar-refractivity contribution is -0.127. The van der Waals surface area contributed by atoms with Crippen LogP contribution in [0, 0.1) is 5.82 Å². The minimum Gasteiger partial charge on any atom is -0.356 e. The van der Waals surface area contributed by atoms with Crippen LogP contribution >= 0.6 is 15.9 Å². The third-order valence-electron chi connectivity index (χ3n) is 3.83. The molecule has 0 aliphatic heterocycles. The van der Waals surface area contributed by atoms with Crippen LogP contribution < -0.4 is 10.6 Å². The Morgan fingerprint density at radius 2 is 1.85 bits per heavy atom. The van der Waals surface area contributed by atoms with E-state index in [1.165, 1.54) is 17.0 Å². The quantitative estimate of drug-likeness (QED) is 0.520. The van der Waals surface area contributed by atoms with Crippen molar-refractivity contribution in [3.63, 3.8) is 0 Å². The predicted molar refractivity (Wildman–Crippen MR) is 110 cm³/mol. The zero-order chi connectivity index (χ0) is 19.6. The monoisotopic (exact) mass is 434 g/mol. The van der Waals surface area contributed by atoms with Gasteiger partial charge in [0, 0.05) is 25.1 Å². The molecule has 0 spiro atoms. The standard InChI is InChI=1S/C20H24BrFN4O/c1-26(2)19(27)14-25-20(24-13-16-6-8-17(21)9-7-16)23-11-10-15-4-3-5-18(22)12-15/h3-9,12H,10-11,13-14H2,1-2H3,(H2,23,24,25). The number of hydrogen-bond acceptors (Lipinski definition) is 2. The van der Waals surface area contributed by atoms with Crippen molar-refractivity contribution in [2.45, 2.75) is 13.0 Å². The van der Waals surface area contributed by atoms with E-state index in [1.54, 1.807) is 20.2 Å². The Morgan fingerprint density at radius 1 is 1.11 bits per heavy atom. The highest BCUT2D eigenvalue weighted by Crippen LogP contribution is 2.11. The van der Waals surface area contributed by atoms with Gasteiger partial charge in [-0.1, -0.05) is 40.2 Å². The molecule has 0 aliphatic carbocycles. The number of aliphatic imine (C=N–C) groups is 1. The molecule has 2 rings (SSSR count). The van der Waals surface area contributed by atoms with Gasteiger partial charge < -0.3 is 15.5 Å². The number of carbonyl (C=O) groups excluding carboxylic acids is 1. The molecule has 27 heavy (non-hydrogen) atoms. The maximum atomic E-state index is 13.3. The Morgan fingerprint density at radius 3 is 2.52 bits per heavy atom. The fourth-order valence-corrected chi connectivity index (χ4v) is 2.53. The summed E-state index contributed by atoms with van der Waals surface area (Å²) in [4.78, 5) is 17.9. The molecule has 0 heterocycles. The number of benzene rings is 2. The van der Waals surface area contributed by atoms with Gasteiger partial charge in [0.25, 0.3) is 0 Å². The van der Waals surface area contributed by atoms with E-state index in [-0.39, 0.29) is 18.3 Å². The first-order valence-corrected chi connectivity index (χ1v) is 9.44. The van der Waals surface area contributed by atoms with Crippen molar-refractivity contribution in [1.82, 2.24) is 15.5 Å². The average Bonchev–Trinajstić information content (AvgIpc) is 2.64. The topological polar surface area (TPSA) is 56.7 Å². The van der Waals surface area contributed by atoms with E-state index >= 15 is 0 Å². The maximum Gasteiger partial charge on any atom is 0.241 e. The first-order chi connectivity index (χ1) is 12.9. The maximum absolute atomic E-state index is 13.3. The number of amides is 1. The highest BCUT2D eigenvalue weighted by atomic mass is 79.9. The van der Waals surface area contributed by atoms with E-state index in [1.807, 2.05) is 30.3 Å². The van der Waals surface area contributed by atoms with E-state index in [4.69, 9.17) is 0 Å². The zero-order valence-corrected chi connectivity index (χ0v) is 17.1. The fourth-order valence-electron chi connectivity index (χ4n) is 2.27. The van der Waals surface area contributed by atoms with Crippen LogP contribution in [0.25, 0.3) is 0 Å². The first-order valence-electron chi connectivity index (χ1n) is 8.65. The summed E-state index contributed by atoms with van der Waals surface area (Å²) in [6.07, 6.45) is 0.651. The second-order valence-corrected chi connectivity index (χ2v) is 7.16. The van der Waals surface area contributed by atoms with Crippen molar-refractivity contribution in [1.29, 1.82) is 0 Å². The van der Waals surface area contributed by atoms with Gasteiger partial charge in [0.2, 0.25) is 5.91 Å². The summed E-state index contributed by atoms with van der Waals surface area (Å²) >= 11 is 3.41. The lowest BCUT2D eigenvalue weighted by atomic mass is 10.1. The van der Waals surface area contributed by atoms with E-state index in [0.29, 0.717) is 25.5 Å². The average molecular weight is 435 g/mol. The van der Waals surface area contributed by atoms with E-state index in [0.717, 1.165) is 15.6 Å². The molecule has 0 bridgehead atoms. The zero-order valence-electron chi connectivity index (χ0n) is 15.5. The summed E-state index contributed by atoms with van der Waals surface area (Å²) in [7, 11) is 3.42. The molecular formula is C20H24BrFN4O. The van der Waals surface area contributed by atoms with Crippen LogP contribution in [0.15, 0.2) is 58.0 Å². The molecule has 144 valence electrons. The molecule has 0 fully saturated rings. The number of carbonyl (C=O) groups is 1. The Balaban J connectivity index is 1.96. The van der Waals surface area contributed by atoms with Crippen molar-refractivity contribution in [2.75, 3.05) is 27.2 Å². The highest BCUT2D eigenvalue weighted by molar-refractivity contribution is 9.10. The first kappa shape index (κ1) is 20.9. The van der Waals surface area contributed by atoms with Gasteiger partial charge in [-0.2, -0.15) is 0 Å². The summed E-state index contributed by atoms with van der Waals surface area (Å²) in [6, 6.07) is 14.4. The molecule has 7 heteroatoms. The number of guanidine groups is 1. The summed E-state index contributed by atoms with van der Waals surface area (Å²) in [5, 5.41) is 6.24. The number of rotatable bonds is 7. The van der Waals surface area contributed by atoms with Crippen LogP contribution in [-0.2, 0) is 17.8 Å². The van der Waals surface area contributed by atoms with Crippen molar-refractivity contribution in [2.24, 2.45) is 4.99 Å². The van der Waals surface area contributed by atoms with Crippen molar-refractivity contribution >= 4 is 27.8 Å². The van der Waals surface area contributed by atoms with Gasteiger partial charge in [-0.25, -0.2) is 9.38 Å². The Kier molecular flexibility index (Phi) is 8.26. The fraction of sp³-hybridized carbons (Fsp3) is 0.300. The van der Waals surface area contributed by atoms with Gasteiger partial charge in [0.05, 0.1) is 13.1 Å². The van der Waals surface area contributed by atoms with Crippen molar-refractivity contribution < 1.29 is 9.18 Å². The lowest BCUT2D eigenvalue weighted by Crippen LogP contribution is -2.43. The number of likely N-dealkylation sites (N-methyl/N-ethyl adjacent to an activating group) is 1. The van der Waals surface area contributed by atoms with Gasteiger partial charge in [-0.3, -0.25) is 4.79 Å². The molecule has 2 aromatic rings. The van der Waals surface area contributed by atoms with Gasteiger partial charge >= 0.3 is 0 Å². The van der Waals surface area contributed by atoms with Crippen LogP contribution in [0.1, 0.15) is 11.1 Å². The van der Waals surface area contributed by atoms with Crippen LogP contribution in [0.2, 0.25) is 0 Å². The Hall–Kier alpha value is -2.41. The molecule has 0 saturated heterocycles. The Labute approximate surface area is 167 Å². The van der Waals surface area contributed by atoms with E-state index in [9.17, 15) is 9.18 Å². The Bertz CT molecular complexity index is 778. The molecule has 0 saturated carbocycles. The van der Waals surface area contributed by atoms with Crippen LogP contribution in [0.5, 0.6) is 0 Å². The largest absolute Gasteiger partial charge is 0.356 e. The van der Waals surface area contributed by atoms with Gasteiger partial charge in [0.15, 0.2) is 5.96 Å². The van der Waals surface area contributed by atoms with Crippen LogP contribution in [0.3, 0.4) is 0 Å². The third-order valence-corrected chi connectivity index (χ3v) is 4.36. The molecule has 0 aliphatic rings. The summed E-state index contributed by atoms with van der Waals surface area (Å²) < 4.78 is 14.3. The second kappa shape index (κ2) is 10.7. The second-order valence-electron chi connectivity index (χ2n) is 6.24. The molecule has 0 unspecified atom stereocenters. The van der Waals surface area contributed by atoms with Crippen LogP contribution in [-0.4, -0.2) is 44.0 Å². The van der Waals surface area contributed by atoms with Crippen molar-refractivity contribution in [3.8, 4) is 0 Å². The van der Waals surface area contributed by atoms with Crippen molar-refractivity contribution in [3.05, 3.63) is 69.9 Å². The van der Waals surface area contributed by atoms with Gasteiger partial charge in [-0.05, 0) is 41.8 Å². The van der Waals surface area contributed by atoms with Crippen LogP contribution in [0.4, 0.5) is 4.39 Å².